The number of rotatable bonds is 3. The molecule has 1 atom stereocenters. The fourth-order valence-corrected chi connectivity index (χ4v) is 3.04. The Morgan fingerprint density at radius 1 is 1.44 bits per heavy atom. The SMILES string of the molecule is CC(C)(C)OC(=O)N1CCC(Nc2c([N+](=O)[O-])cnc3ccc(Cl)nc23)C1. The standard InChI is InChI=1S/C17H20ClN5O4/c1-17(2,3)27-16(24)22-7-6-10(9-22)20-15-12(23(25)26)8-19-11-4-5-13(18)21-14(11)15/h4-5,8,10H,6-7,9H2,1-3H3,(H,19,20). The topological polar surface area (TPSA) is 110 Å². The third-order valence-corrected chi connectivity index (χ3v) is 4.25. The first-order valence-corrected chi connectivity index (χ1v) is 8.86. The number of nitro groups is 1. The maximum absolute atomic E-state index is 12.2. The van der Waals surface area contributed by atoms with E-state index in [1.165, 1.54) is 6.20 Å². The van der Waals surface area contributed by atoms with Crippen LogP contribution in [0.15, 0.2) is 18.3 Å². The van der Waals surface area contributed by atoms with Gasteiger partial charge >= 0.3 is 11.8 Å². The van der Waals surface area contributed by atoms with Gasteiger partial charge in [-0.3, -0.25) is 10.1 Å². The molecule has 1 saturated heterocycles. The smallest absolute Gasteiger partial charge is 0.410 e. The van der Waals surface area contributed by atoms with E-state index in [2.05, 4.69) is 15.3 Å². The number of nitrogens with one attached hydrogen (secondary N) is 1. The Hall–Kier alpha value is -2.68. The molecule has 3 rings (SSSR count). The third kappa shape index (κ3) is 4.36. The lowest BCUT2D eigenvalue weighted by molar-refractivity contribution is -0.384. The summed E-state index contributed by atoms with van der Waals surface area (Å²) in [7, 11) is 0. The maximum Gasteiger partial charge on any atom is 0.410 e. The summed E-state index contributed by atoms with van der Waals surface area (Å²) in [4.78, 5) is 33.0. The van der Waals surface area contributed by atoms with E-state index in [9.17, 15) is 14.9 Å². The normalized spacial score (nSPS) is 17.2. The van der Waals surface area contributed by atoms with Crippen molar-refractivity contribution in [1.29, 1.82) is 0 Å². The van der Waals surface area contributed by atoms with Crippen LogP contribution in [0.25, 0.3) is 11.0 Å². The van der Waals surface area contributed by atoms with Crippen LogP contribution in [0.1, 0.15) is 27.2 Å². The first-order valence-electron chi connectivity index (χ1n) is 8.48. The molecule has 2 aromatic rings. The molecule has 0 radical (unpaired) electrons. The number of halogens is 1. The molecule has 3 heterocycles. The van der Waals surface area contributed by atoms with Crippen LogP contribution in [0.5, 0.6) is 0 Å². The summed E-state index contributed by atoms with van der Waals surface area (Å²) in [6.07, 6.45) is 1.42. The summed E-state index contributed by atoms with van der Waals surface area (Å²) in [5.74, 6) is 0. The zero-order chi connectivity index (χ0) is 19.8. The minimum atomic E-state index is -0.580. The lowest BCUT2D eigenvalue weighted by Crippen LogP contribution is -2.36. The van der Waals surface area contributed by atoms with Gasteiger partial charge in [0, 0.05) is 19.1 Å². The molecule has 1 aliphatic rings. The summed E-state index contributed by atoms with van der Waals surface area (Å²) in [5, 5.41) is 14.8. The average molecular weight is 394 g/mol. The first kappa shape index (κ1) is 19.1. The molecule has 1 aliphatic heterocycles. The summed E-state index contributed by atoms with van der Waals surface area (Å²) in [5.41, 5.74) is 0.307. The Morgan fingerprint density at radius 2 is 2.19 bits per heavy atom. The van der Waals surface area contributed by atoms with E-state index in [4.69, 9.17) is 16.3 Å². The van der Waals surface area contributed by atoms with E-state index in [1.54, 1.807) is 37.8 Å². The zero-order valence-electron chi connectivity index (χ0n) is 15.2. The number of hydrogen-bond acceptors (Lipinski definition) is 7. The number of anilines is 1. The summed E-state index contributed by atoms with van der Waals surface area (Å²) in [6, 6.07) is 3.05. The second-order valence-electron chi connectivity index (χ2n) is 7.33. The zero-order valence-corrected chi connectivity index (χ0v) is 16.0. The van der Waals surface area contributed by atoms with Gasteiger partial charge in [-0.1, -0.05) is 11.6 Å². The van der Waals surface area contributed by atoms with Gasteiger partial charge in [0.1, 0.15) is 28.2 Å². The highest BCUT2D eigenvalue weighted by Crippen LogP contribution is 2.32. The van der Waals surface area contributed by atoms with Crippen LogP contribution < -0.4 is 5.32 Å². The number of aromatic nitrogens is 2. The van der Waals surface area contributed by atoms with Gasteiger partial charge in [0.25, 0.3) is 0 Å². The van der Waals surface area contributed by atoms with Crippen molar-refractivity contribution in [2.24, 2.45) is 0 Å². The second kappa shape index (κ2) is 7.15. The number of amides is 1. The molecule has 10 heteroatoms. The number of ether oxygens (including phenoxy) is 1. The van der Waals surface area contributed by atoms with Crippen LogP contribution in [0.3, 0.4) is 0 Å². The van der Waals surface area contributed by atoms with Crippen LogP contribution in [0.2, 0.25) is 5.15 Å². The Balaban J connectivity index is 1.84. The van der Waals surface area contributed by atoms with E-state index in [0.29, 0.717) is 30.5 Å². The van der Waals surface area contributed by atoms with Gasteiger partial charge in [0.2, 0.25) is 0 Å². The minimum Gasteiger partial charge on any atom is -0.444 e. The van der Waals surface area contributed by atoms with Crippen molar-refractivity contribution < 1.29 is 14.5 Å². The lowest BCUT2D eigenvalue weighted by atomic mass is 10.2. The van der Waals surface area contributed by atoms with Crippen LogP contribution in [-0.2, 0) is 4.74 Å². The summed E-state index contributed by atoms with van der Waals surface area (Å²) < 4.78 is 5.38. The van der Waals surface area contributed by atoms with Gasteiger partial charge in [-0.2, -0.15) is 0 Å². The molecule has 0 spiro atoms. The van der Waals surface area contributed by atoms with Gasteiger partial charge in [-0.05, 0) is 39.3 Å². The number of fused-ring (bicyclic) bond motifs is 1. The van der Waals surface area contributed by atoms with E-state index < -0.39 is 16.6 Å². The fourth-order valence-electron chi connectivity index (χ4n) is 2.89. The van der Waals surface area contributed by atoms with Crippen molar-refractivity contribution in [1.82, 2.24) is 14.9 Å². The highest BCUT2D eigenvalue weighted by atomic mass is 35.5. The molecule has 0 bridgehead atoms. The fraction of sp³-hybridized carbons (Fsp3) is 0.471. The molecule has 2 aromatic heterocycles. The van der Waals surface area contributed by atoms with Gasteiger partial charge in [0.05, 0.1) is 10.4 Å². The molecule has 0 aliphatic carbocycles. The highest BCUT2D eigenvalue weighted by Gasteiger charge is 2.31. The highest BCUT2D eigenvalue weighted by molar-refractivity contribution is 6.29. The van der Waals surface area contributed by atoms with Gasteiger partial charge in [-0.15, -0.1) is 0 Å². The molecule has 0 saturated carbocycles. The second-order valence-corrected chi connectivity index (χ2v) is 7.72. The molecule has 9 nitrogen and oxygen atoms in total. The number of carbonyl (C=O) groups excluding carboxylic acids is 1. The minimum absolute atomic E-state index is 0.178. The number of nitrogens with zero attached hydrogens (tertiary/aromatic N) is 4. The first-order chi connectivity index (χ1) is 12.6. The van der Waals surface area contributed by atoms with Crippen LogP contribution in [0, 0.1) is 10.1 Å². The molecular weight excluding hydrogens is 374 g/mol. The van der Waals surface area contributed by atoms with Crippen molar-refractivity contribution in [3.8, 4) is 0 Å². The van der Waals surface area contributed by atoms with Crippen molar-refractivity contribution >= 4 is 40.1 Å². The summed E-state index contributed by atoms with van der Waals surface area (Å²) >= 11 is 5.96. The lowest BCUT2D eigenvalue weighted by Gasteiger charge is -2.24. The largest absolute Gasteiger partial charge is 0.444 e. The molecule has 0 aromatic carbocycles. The number of hydrogen-bond donors (Lipinski definition) is 1. The predicted octanol–water partition coefficient (Wildman–Crippen LogP) is 3.61. The quantitative estimate of drug-likeness (QED) is 0.481. The number of carbonyl (C=O) groups is 1. The molecule has 1 fully saturated rings. The average Bonchev–Trinajstić information content (AvgIpc) is 3.02. The van der Waals surface area contributed by atoms with Crippen LogP contribution >= 0.6 is 11.6 Å². The predicted molar refractivity (Wildman–Crippen MR) is 101 cm³/mol. The summed E-state index contributed by atoms with van der Waals surface area (Å²) in [6.45, 7) is 6.28. The van der Waals surface area contributed by atoms with Crippen molar-refractivity contribution in [2.45, 2.75) is 38.8 Å². The Labute approximate surface area is 160 Å². The molecule has 27 heavy (non-hydrogen) atoms. The maximum atomic E-state index is 12.2. The Kier molecular flexibility index (Phi) is 5.05. The van der Waals surface area contributed by atoms with Crippen molar-refractivity contribution in [2.75, 3.05) is 18.4 Å². The van der Waals surface area contributed by atoms with Crippen molar-refractivity contribution in [3.05, 3.63) is 33.6 Å². The van der Waals surface area contributed by atoms with E-state index in [-0.39, 0.29) is 22.6 Å². The molecule has 1 N–H and O–H groups in total. The number of pyridine rings is 2. The molecular formula is C17H20ClN5O4. The molecule has 144 valence electrons. The van der Waals surface area contributed by atoms with Gasteiger partial charge in [0.15, 0.2) is 0 Å². The van der Waals surface area contributed by atoms with Crippen molar-refractivity contribution in [3.63, 3.8) is 0 Å². The van der Waals surface area contributed by atoms with Crippen LogP contribution in [-0.4, -0.2) is 50.6 Å². The number of likely N-dealkylation sites (tertiary alicyclic amines) is 1. The van der Waals surface area contributed by atoms with E-state index in [0.717, 1.165) is 0 Å². The van der Waals surface area contributed by atoms with E-state index in [1.807, 2.05) is 0 Å². The monoisotopic (exact) mass is 393 g/mol. The van der Waals surface area contributed by atoms with Crippen LogP contribution in [0.4, 0.5) is 16.2 Å². The van der Waals surface area contributed by atoms with Gasteiger partial charge < -0.3 is 15.0 Å². The van der Waals surface area contributed by atoms with Gasteiger partial charge in [-0.25, -0.2) is 14.8 Å². The molecule has 1 amide bonds. The van der Waals surface area contributed by atoms with E-state index >= 15 is 0 Å². The molecule has 1 unspecified atom stereocenters. The third-order valence-electron chi connectivity index (χ3n) is 4.04. The Bertz CT molecular complexity index is 899. The Morgan fingerprint density at radius 3 is 2.85 bits per heavy atom.